The summed E-state index contributed by atoms with van der Waals surface area (Å²) in [6.45, 7) is 1.81. The normalized spacial score (nSPS) is 10.8. The maximum atomic E-state index is 11.8. The molecule has 0 radical (unpaired) electrons. The lowest BCUT2D eigenvalue weighted by atomic mass is 10.1. The highest BCUT2D eigenvalue weighted by Gasteiger charge is 2.17. The number of anilines is 1. The molecule has 0 spiro atoms. The molecule has 4 aromatic rings. The van der Waals surface area contributed by atoms with Crippen LogP contribution in [-0.4, -0.2) is 22.1 Å². The first kappa shape index (κ1) is 21.6. The van der Waals surface area contributed by atoms with E-state index in [0.29, 0.717) is 17.3 Å². The third-order valence-electron chi connectivity index (χ3n) is 4.67. The summed E-state index contributed by atoms with van der Waals surface area (Å²) in [5, 5.41) is 4.42. The van der Waals surface area contributed by atoms with Gasteiger partial charge in [-0.05, 0) is 48.2 Å². The lowest BCUT2D eigenvalue weighted by molar-refractivity contribution is -0.115. The lowest BCUT2D eigenvalue weighted by Crippen LogP contribution is -2.10. The van der Waals surface area contributed by atoms with E-state index in [9.17, 15) is 4.79 Å². The van der Waals surface area contributed by atoms with Crippen LogP contribution in [0.5, 0.6) is 0 Å². The molecule has 2 aromatic heterocycles. The fourth-order valence-corrected chi connectivity index (χ4v) is 4.76. The number of carbonyl (C=O) groups is 1. The Morgan fingerprint density at radius 2 is 1.87 bits per heavy atom. The number of pyridine rings is 1. The predicted molar refractivity (Wildman–Crippen MR) is 132 cm³/mol. The molecule has 0 bridgehead atoms. The van der Waals surface area contributed by atoms with Gasteiger partial charge in [-0.3, -0.25) is 4.79 Å². The molecule has 156 valence electrons. The van der Waals surface area contributed by atoms with Crippen LogP contribution in [0.25, 0.3) is 32.3 Å². The van der Waals surface area contributed by atoms with E-state index in [1.807, 2.05) is 43.3 Å². The molecule has 4 nitrogen and oxygen atoms in total. The van der Waals surface area contributed by atoms with Gasteiger partial charge in [0.2, 0.25) is 5.91 Å². The van der Waals surface area contributed by atoms with Crippen molar-refractivity contribution in [2.45, 2.75) is 18.2 Å². The molecule has 31 heavy (non-hydrogen) atoms. The Morgan fingerprint density at radius 1 is 1.06 bits per heavy atom. The summed E-state index contributed by atoms with van der Waals surface area (Å²) in [6, 6.07) is 19.9. The summed E-state index contributed by atoms with van der Waals surface area (Å²) < 4.78 is 0. The fourth-order valence-electron chi connectivity index (χ4n) is 3.08. The van der Waals surface area contributed by atoms with Gasteiger partial charge in [-0.2, -0.15) is 0 Å². The summed E-state index contributed by atoms with van der Waals surface area (Å²) in [5.41, 5.74) is 3.81. The number of nitrogens with zero attached hydrogens (tertiary/aromatic N) is 2. The number of halogens is 1. The molecule has 0 saturated heterocycles. The number of nitrogens with one attached hydrogen (secondary N) is 1. The Labute approximate surface area is 194 Å². The molecular weight excluding hydrogens is 446 g/mol. The van der Waals surface area contributed by atoms with Gasteiger partial charge in [-0.1, -0.05) is 42.8 Å². The highest BCUT2D eigenvalue weighted by atomic mass is 35.5. The molecule has 0 aliphatic carbocycles. The Balaban J connectivity index is 1.83. The second-order valence-corrected chi connectivity index (χ2v) is 9.08. The highest BCUT2D eigenvalue weighted by Crippen LogP contribution is 2.41. The van der Waals surface area contributed by atoms with Crippen LogP contribution in [0, 0.1) is 0 Å². The predicted octanol–water partition coefficient (Wildman–Crippen LogP) is 7.26. The average Bonchev–Trinajstić information content (AvgIpc) is 3.25. The summed E-state index contributed by atoms with van der Waals surface area (Å²) in [4.78, 5) is 23.3. The minimum atomic E-state index is -0.0707. The SMILES string of the molecule is CCC(=O)Nc1cc(-c2sc(-c3ccc(SC)cc3)nc2-c2cccc(Cl)c2)ccn1. The van der Waals surface area contributed by atoms with E-state index in [4.69, 9.17) is 16.6 Å². The lowest BCUT2D eigenvalue weighted by Gasteiger charge is -2.06. The molecule has 1 amide bonds. The monoisotopic (exact) mass is 465 g/mol. The van der Waals surface area contributed by atoms with E-state index in [1.54, 1.807) is 29.3 Å². The van der Waals surface area contributed by atoms with E-state index in [1.165, 1.54) is 4.90 Å². The fraction of sp³-hybridized carbons (Fsp3) is 0.125. The number of thioether (sulfide) groups is 1. The smallest absolute Gasteiger partial charge is 0.225 e. The van der Waals surface area contributed by atoms with E-state index in [2.05, 4.69) is 40.8 Å². The molecule has 0 fully saturated rings. The second kappa shape index (κ2) is 9.64. The van der Waals surface area contributed by atoms with Crippen LogP contribution in [0.4, 0.5) is 5.82 Å². The van der Waals surface area contributed by atoms with Crippen molar-refractivity contribution in [3.05, 3.63) is 71.9 Å². The molecule has 0 unspecified atom stereocenters. The molecule has 0 atom stereocenters. The third kappa shape index (κ3) is 4.98. The Morgan fingerprint density at radius 3 is 2.58 bits per heavy atom. The van der Waals surface area contributed by atoms with Gasteiger partial charge >= 0.3 is 0 Å². The zero-order chi connectivity index (χ0) is 21.8. The molecule has 0 aliphatic rings. The molecule has 0 saturated carbocycles. The van der Waals surface area contributed by atoms with E-state index < -0.39 is 0 Å². The number of hydrogen-bond donors (Lipinski definition) is 1. The molecular formula is C24H20ClN3OS2. The number of thiazole rings is 1. The van der Waals surface area contributed by atoms with Crippen molar-refractivity contribution in [3.8, 4) is 32.3 Å². The number of aromatic nitrogens is 2. The maximum absolute atomic E-state index is 11.8. The average molecular weight is 466 g/mol. The minimum Gasteiger partial charge on any atom is -0.311 e. The van der Waals surface area contributed by atoms with Crippen molar-refractivity contribution in [1.82, 2.24) is 9.97 Å². The number of rotatable bonds is 6. The number of carbonyl (C=O) groups excluding carboxylic acids is 1. The van der Waals surface area contributed by atoms with Crippen molar-refractivity contribution >= 4 is 46.4 Å². The second-order valence-electron chi connectivity index (χ2n) is 6.77. The summed E-state index contributed by atoms with van der Waals surface area (Å²) in [6.07, 6.45) is 4.16. The van der Waals surface area contributed by atoms with Gasteiger partial charge < -0.3 is 5.32 Å². The van der Waals surface area contributed by atoms with Crippen LogP contribution >= 0.6 is 34.7 Å². The van der Waals surface area contributed by atoms with Gasteiger partial charge in [0, 0.05) is 33.7 Å². The summed E-state index contributed by atoms with van der Waals surface area (Å²) in [7, 11) is 0. The van der Waals surface area contributed by atoms with Crippen LogP contribution in [0.3, 0.4) is 0 Å². The van der Waals surface area contributed by atoms with Gasteiger partial charge in [-0.15, -0.1) is 23.1 Å². The van der Waals surface area contributed by atoms with Gasteiger partial charge in [0.15, 0.2) is 0 Å². The van der Waals surface area contributed by atoms with E-state index >= 15 is 0 Å². The molecule has 1 N–H and O–H groups in total. The van der Waals surface area contributed by atoms with E-state index in [0.717, 1.165) is 32.3 Å². The van der Waals surface area contributed by atoms with Crippen LogP contribution in [-0.2, 0) is 4.79 Å². The topological polar surface area (TPSA) is 54.9 Å². The maximum Gasteiger partial charge on any atom is 0.225 e. The largest absolute Gasteiger partial charge is 0.311 e. The van der Waals surface area contributed by atoms with Crippen molar-refractivity contribution in [1.29, 1.82) is 0 Å². The molecule has 0 aliphatic heterocycles. The van der Waals surface area contributed by atoms with Gasteiger partial charge in [0.1, 0.15) is 10.8 Å². The standard InChI is InChI=1S/C24H20ClN3OS2/c1-3-21(29)27-20-14-17(11-12-26-20)23-22(16-5-4-6-18(25)13-16)28-24(31-23)15-7-9-19(30-2)10-8-15/h4-14H,3H2,1-2H3,(H,26,27,29). The van der Waals surface area contributed by atoms with Gasteiger partial charge in [0.25, 0.3) is 0 Å². The highest BCUT2D eigenvalue weighted by molar-refractivity contribution is 7.98. The number of hydrogen-bond acceptors (Lipinski definition) is 5. The summed E-state index contributed by atoms with van der Waals surface area (Å²) >= 11 is 9.59. The molecule has 7 heteroatoms. The first-order chi connectivity index (χ1) is 15.1. The minimum absolute atomic E-state index is 0.0707. The first-order valence-corrected chi connectivity index (χ1v) is 12.2. The van der Waals surface area contributed by atoms with Crippen LogP contribution < -0.4 is 5.32 Å². The van der Waals surface area contributed by atoms with Crippen molar-refractivity contribution in [3.63, 3.8) is 0 Å². The Hall–Kier alpha value is -2.67. The van der Waals surface area contributed by atoms with E-state index in [-0.39, 0.29) is 5.91 Å². The van der Waals surface area contributed by atoms with Crippen LogP contribution in [0.1, 0.15) is 13.3 Å². The zero-order valence-electron chi connectivity index (χ0n) is 17.1. The zero-order valence-corrected chi connectivity index (χ0v) is 19.4. The molecule has 2 heterocycles. The summed E-state index contributed by atoms with van der Waals surface area (Å²) in [5.74, 6) is 0.458. The third-order valence-corrected chi connectivity index (χ3v) is 6.81. The van der Waals surface area contributed by atoms with Crippen LogP contribution in [0.15, 0.2) is 71.8 Å². The Kier molecular flexibility index (Phi) is 6.70. The number of benzene rings is 2. The number of amides is 1. The van der Waals surface area contributed by atoms with Crippen LogP contribution in [0.2, 0.25) is 5.02 Å². The quantitative estimate of drug-likeness (QED) is 0.304. The molecule has 2 aromatic carbocycles. The van der Waals surface area contributed by atoms with Crippen molar-refractivity contribution in [2.24, 2.45) is 0 Å². The van der Waals surface area contributed by atoms with Gasteiger partial charge in [-0.25, -0.2) is 9.97 Å². The van der Waals surface area contributed by atoms with Crippen molar-refractivity contribution < 1.29 is 4.79 Å². The van der Waals surface area contributed by atoms with Crippen molar-refractivity contribution in [2.75, 3.05) is 11.6 Å². The van der Waals surface area contributed by atoms with Gasteiger partial charge in [0.05, 0.1) is 10.6 Å². The molecule has 4 rings (SSSR count). The Bertz CT molecular complexity index is 1220. The first-order valence-electron chi connectivity index (χ1n) is 9.75.